The number of aryl methyl sites for hydroxylation is 2. The van der Waals surface area contributed by atoms with Crippen molar-refractivity contribution in [1.82, 2.24) is 0 Å². The van der Waals surface area contributed by atoms with Crippen molar-refractivity contribution < 1.29 is 4.74 Å². The van der Waals surface area contributed by atoms with E-state index < -0.39 is 0 Å². The van der Waals surface area contributed by atoms with E-state index in [0.29, 0.717) is 6.61 Å². The molecule has 0 spiro atoms. The molecular weight excluding hydrogens is 184 g/mol. The molecule has 78 valence electrons. The minimum atomic E-state index is 0.716. The third-order valence-corrected chi connectivity index (χ3v) is 2.61. The smallest absolute Gasteiger partial charge is 0.129 e. The Labute approximate surface area is 90.7 Å². The minimum Gasteiger partial charge on any atom is -0.493 e. The predicted octanol–water partition coefficient (Wildman–Crippen LogP) is 3.86. The molecular formula is C14H16O. The van der Waals surface area contributed by atoms with Crippen LogP contribution in [0.15, 0.2) is 30.3 Å². The van der Waals surface area contributed by atoms with Gasteiger partial charge in [0.25, 0.3) is 0 Å². The third kappa shape index (κ3) is 1.82. The Morgan fingerprint density at radius 1 is 1.07 bits per heavy atom. The quantitative estimate of drug-likeness (QED) is 0.715. The molecule has 0 amide bonds. The number of rotatable bonds is 2. The van der Waals surface area contributed by atoms with Gasteiger partial charge in [-0.25, -0.2) is 0 Å². The monoisotopic (exact) mass is 200 g/mol. The highest BCUT2D eigenvalue weighted by Crippen LogP contribution is 2.29. The molecule has 0 saturated carbocycles. The Balaban J connectivity index is 2.70. The lowest BCUT2D eigenvalue weighted by atomic mass is 10.0. The lowest BCUT2D eigenvalue weighted by Gasteiger charge is -2.11. The topological polar surface area (TPSA) is 9.23 Å². The van der Waals surface area contributed by atoms with E-state index in [1.807, 2.05) is 6.92 Å². The molecule has 0 unspecified atom stereocenters. The van der Waals surface area contributed by atoms with Crippen molar-refractivity contribution in [1.29, 1.82) is 0 Å². The van der Waals surface area contributed by atoms with Crippen LogP contribution in [-0.4, -0.2) is 6.61 Å². The van der Waals surface area contributed by atoms with Crippen LogP contribution < -0.4 is 4.74 Å². The summed E-state index contributed by atoms with van der Waals surface area (Å²) in [5, 5.41) is 2.46. The third-order valence-electron chi connectivity index (χ3n) is 2.61. The molecule has 0 bridgehead atoms. The molecule has 1 heteroatoms. The van der Waals surface area contributed by atoms with Crippen LogP contribution in [0, 0.1) is 13.8 Å². The van der Waals surface area contributed by atoms with E-state index in [1.165, 1.54) is 21.9 Å². The Hall–Kier alpha value is -1.50. The molecule has 2 aromatic rings. The van der Waals surface area contributed by atoms with Gasteiger partial charge in [0.15, 0.2) is 0 Å². The molecule has 0 aromatic heterocycles. The van der Waals surface area contributed by atoms with Crippen molar-refractivity contribution >= 4 is 10.8 Å². The molecule has 1 nitrogen and oxygen atoms in total. The highest BCUT2D eigenvalue weighted by atomic mass is 16.5. The van der Waals surface area contributed by atoms with Crippen molar-refractivity contribution in [2.75, 3.05) is 6.61 Å². The molecule has 15 heavy (non-hydrogen) atoms. The second-order valence-electron chi connectivity index (χ2n) is 3.87. The zero-order chi connectivity index (χ0) is 10.8. The van der Waals surface area contributed by atoms with E-state index in [4.69, 9.17) is 4.74 Å². The highest BCUT2D eigenvalue weighted by molar-refractivity contribution is 5.90. The van der Waals surface area contributed by atoms with Gasteiger partial charge in [-0.15, -0.1) is 0 Å². The fourth-order valence-electron chi connectivity index (χ4n) is 1.87. The first-order valence-corrected chi connectivity index (χ1v) is 5.35. The summed E-state index contributed by atoms with van der Waals surface area (Å²) in [6.07, 6.45) is 0. The molecule has 0 radical (unpaired) electrons. The highest BCUT2D eigenvalue weighted by Gasteiger charge is 2.04. The molecule has 0 aliphatic heterocycles. The van der Waals surface area contributed by atoms with Gasteiger partial charge in [0.05, 0.1) is 6.61 Å². The molecule has 2 rings (SSSR count). The molecule has 0 aliphatic rings. The SMILES string of the molecule is CCOc1c(C)ccc2cc(C)ccc12. The summed E-state index contributed by atoms with van der Waals surface area (Å²) in [5.41, 5.74) is 2.49. The van der Waals surface area contributed by atoms with Crippen molar-refractivity contribution in [3.8, 4) is 5.75 Å². The van der Waals surface area contributed by atoms with Crippen molar-refractivity contribution in [3.63, 3.8) is 0 Å². The molecule has 2 aromatic carbocycles. The van der Waals surface area contributed by atoms with Crippen LogP contribution in [-0.2, 0) is 0 Å². The van der Waals surface area contributed by atoms with Gasteiger partial charge in [-0.05, 0) is 31.7 Å². The van der Waals surface area contributed by atoms with Crippen LogP contribution in [0.3, 0.4) is 0 Å². The van der Waals surface area contributed by atoms with Gasteiger partial charge in [-0.1, -0.05) is 35.9 Å². The Morgan fingerprint density at radius 3 is 2.60 bits per heavy atom. The average molecular weight is 200 g/mol. The normalized spacial score (nSPS) is 10.6. The lowest BCUT2D eigenvalue weighted by molar-refractivity contribution is 0.342. The first kappa shape index (κ1) is 10.0. The standard InChI is InChI=1S/C14H16O/c1-4-15-14-11(3)6-7-12-9-10(2)5-8-13(12)14/h5-9H,4H2,1-3H3. The molecule has 0 atom stereocenters. The van der Waals surface area contributed by atoms with E-state index in [0.717, 1.165) is 5.75 Å². The van der Waals surface area contributed by atoms with Gasteiger partial charge >= 0.3 is 0 Å². The van der Waals surface area contributed by atoms with E-state index >= 15 is 0 Å². The van der Waals surface area contributed by atoms with Crippen LogP contribution >= 0.6 is 0 Å². The Bertz CT molecular complexity index is 486. The maximum absolute atomic E-state index is 5.69. The van der Waals surface area contributed by atoms with Gasteiger partial charge < -0.3 is 4.74 Å². The van der Waals surface area contributed by atoms with E-state index in [9.17, 15) is 0 Å². The summed E-state index contributed by atoms with van der Waals surface area (Å²) in [4.78, 5) is 0. The predicted molar refractivity (Wildman–Crippen MR) is 64.6 cm³/mol. The fraction of sp³-hybridized carbons (Fsp3) is 0.286. The zero-order valence-corrected chi connectivity index (χ0v) is 9.50. The van der Waals surface area contributed by atoms with Crippen LogP contribution in [0.1, 0.15) is 18.1 Å². The van der Waals surface area contributed by atoms with Gasteiger partial charge in [0.2, 0.25) is 0 Å². The van der Waals surface area contributed by atoms with Crippen LogP contribution in [0.25, 0.3) is 10.8 Å². The number of fused-ring (bicyclic) bond motifs is 1. The summed E-state index contributed by atoms with van der Waals surface area (Å²) >= 11 is 0. The van der Waals surface area contributed by atoms with Gasteiger partial charge in [-0.3, -0.25) is 0 Å². The van der Waals surface area contributed by atoms with Gasteiger partial charge in [-0.2, -0.15) is 0 Å². The summed E-state index contributed by atoms with van der Waals surface area (Å²) in [6, 6.07) is 10.7. The van der Waals surface area contributed by atoms with Gasteiger partial charge in [0, 0.05) is 5.39 Å². The van der Waals surface area contributed by atoms with Crippen molar-refractivity contribution in [3.05, 3.63) is 41.5 Å². The summed E-state index contributed by atoms with van der Waals surface area (Å²) in [5.74, 6) is 1.02. The van der Waals surface area contributed by atoms with Crippen LogP contribution in [0.5, 0.6) is 5.75 Å². The van der Waals surface area contributed by atoms with Gasteiger partial charge in [0.1, 0.15) is 5.75 Å². The molecule has 0 saturated heterocycles. The fourth-order valence-corrected chi connectivity index (χ4v) is 1.87. The Kier molecular flexibility index (Phi) is 2.63. The Morgan fingerprint density at radius 2 is 1.87 bits per heavy atom. The zero-order valence-electron chi connectivity index (χ0n) is 9.50. The van der Waals surface area contributed by atoms with Crippen LogP contribution in [0.4, 0.5) is 0 Å². The van der Waals surface area contributed by atoms with Crippen LogP contribution in [0.2, 0.25) is 0 Å². The maximum atomic E-state index is 5.69. The van der Waals surface area contributed by atoms with Crippen molar-refractivity contribution in [2.45, 2.75) is 20.8 Å². The maximum Gasteiger partial charge on any atom is 0.129 e. The average Bonchev–Trinajstić information content (AvgIpc) is 2.22. The summed E-state index contributed by atoms with van der Waals surface area (Å²) < 4.78 is 5.69. The molecule has 0 aliphatic carbocycles. The first-order chi connectivity index (χ1) is 7.22. The van der Waals surface area contributed by atoms with Crippen molar-refractivity contribution in [2.24, 2.45) is 0 Å². The van der Waals surface area contributed by atoms with E-state index in [2.05, 4.69) is 44.2 Å². The largest absolute Gasteiger partial charge is 0.493 e. The summed E-state index contributed by atoms with van der Waals surface area (Å²) in [6.45, 7) is 6.93. The first-order valence-electron chi connectivity index (χ1n) is 5.35. The number of hydrogen-bond donors (Lipinski definition) is 0. The lowest BCUT2D eigenvalue weighted by Crippen LogP contribution is -1.95. The number of ether oxygens (including phenoxy) is 1. The molecule has 0 fully saturated rings. The van der Waals surface area contributed by atoms with E-state index in [1.54, 1.807) is 0 Å². The second kappa shape index (κ2) is 3.93. The number of benzene rings is 2. The second-order valence-corrected chi connectivity index (χ2v) is 3.87. The number of hydrogen-bond acceptors (Lipinski definition) is 1. The molecule has 0 N–H and O–H groups in total. The van der Waals surface area contributed by atoms with E-state index in [-0.39, 0.29) is 0 Å². The summed E-state index contributed by atoms with van der Waals surface area (Å²) in [7, 11) is 0. The minimum absolute atomic E-state index is 0.716. The molecule has 0 heterocycles.